The molecule has 3 nitrogen and oxygen atoms in total. The molecule has 1 atom stereocenters. The van der Waals surface area contributed by atoms with Crippen LogP contribution in [0.3, 0.4) is 0 Å². The fourth-order valence-electron chi connectivity index (χ4n) is 1.89. The second-order valence-corrected chi connectivity index (χ2v) is 5.71. The minimum Gasteiger partial charge on any atom is -0.497 e. The molecule has 106 valence electrons. The number of methoxy groups -OCH3 is 1. The van der Waals surface area contributed by atoms with Gasteiger partial charge in [0, 0.05) is 10.6 Å². The highest BCUT2D eigenvalue weighted by molar-refractivity contribution is 7.99. The van der Waals surface area contributed by atoms with Crippen molar-refractivity contribution in [3.8, 4) is 5.75 Å². The van der Waals surface area contributed by atoms with E-state index in [4.69, 9.17) is 10.6 Å². The Morgan fingerprint density at radius 2 is 1.75 bits per heavy atom. The van der Waals surface area contributed by atoms with E-state index in [9.17, 15) is 0 Å². The number of rotatable bonds is 6. The van der Waals surface area contributed by atoms with Gasteiger partial charge in [0.15, 0.2) is 0 Å². The van der Waals surface area contributed by atoms with Crippen molar-refractivity contribution in [1.82, 2.24) is 5.43 Å². The molecule has 0 spiro atoms. The molecule has 0 saturated heterocycles. The quantitative estimate of drug-likeness (QED) is 0.486. The van der Waals surface area contributed by atoms with E-state index in [1.165, 1.54) is 10.5 Å². The molecule has 0 aliphatic rings. The van der Waals surface area contributed by atoms with Crippen LogP contribution < -0.4 is 16.0 Å². The van der Waals surface area contributed by atoms with E-state index in [0.29, 0.717) is 0 Å². The number of nitrogens with two attached hydrogens (primary N) is 1. The molecule has 3 N–H and O–H groups in total. The summed E-state index contributed by atoms with van der Waals surface area (Å²) in [6.45, 7) is 2.09. The van der Waals surface area contributed by atoms with Crippen LogP contribution in [0, 0.1) is 6.92 Å². The minimum absolute atomic E-state index is 0.118. The van der Waals surface area contributed by atoms with Crippen LogP contribution in [0.1, 0.15) is 17.2 Å². The summed E-state index contributed by atoms with van der Waals surface area (Å²) >= 11 is 1.79. The lowest BCUT2D eigenvalue weighted by Gasteiger charge is -2.16. The average molecular weight is 288 g/mol. The van der Waals surface area contributed by atoms with E-state index < -0.39 is 0 Å². The maximum Gasteiger partial charge on any atom is 0.118 e. The highest BCUT2D eigenvalue weighted by Crippen LogP contribution is 2.25. The van der Waals surface area contributed by atoms with Gasteiger partial charge in [0.2, 0.25) is 0 Å². The van der Waals surface area contributed by atoms with Gasteiger partial charge in [-0.2, -0.15) is 0 Å². The first-order chi connectivity index (χ1) is 9.72. The van der Waals surface area contributed by atoms with Gasteiger partial charge in [-0.05, 0) is 36.8 Å². The molecule has 4 heteroatoms. The zero-order valence-corrected chi connectivity index (χ0v) is 12.6. The van der Waals surface area contributed by atoms with Crippen LogP contribution in [0.25, 0.3) is 0 Å². The van der Waals surface area contributed by atoms with Gasteiger partial charge in [-0.3, -0.25) is 11.3 Å². The average Bonchev–Trinajstić information content (AvgIpc) is 2.50. The first-order valence-electron chi connectivity index (χ1n) is 6.52. The Bertz CT molecular complexity index is 525. The summed E-state index contributed by atoms with van der Waals surface area (Å²) in [6.07, 6.45) is 0. The molecule has 2 aromatic rings. The largest absolute Gasteiger partial charge is 0.497 e. The lowest BCUT2D eigenvalue weighted by atomic mass is 10.1. The first kappa shape index (κ1) is 14.9. The minimum atomic E-state index is 0.118. The highest BCUT2D eigenvalue weighted by Gasteiger charge is 2.10. The molecule has 20 heavy (non-hydrogen) atoms. The lowest BCUT2D eigenvalue weighted by molar-refractivity contribution is 0.414. The summed E-state index contributed by atoms with van der Waals surface area (Å²) in [7, 11) is 1.67. The summed E-state index contributed by atoms with van der Waals surface area (Å²) in [4.78, 5) is 1.25. The molecular formula is C16H20N2OS. The molecule has 2 rings (SSSR count). The van der Waals surface area contributed by atoms with Crippen molar-refractivity contribution >= 4 is 11.8 Å². The van der Waals surface area contributed by atoms with Crippen molar-refractivity contribution in [1.29, 1.82) is 0 Å². The highest BCUT2D eigenvalue weighted by atomic mass is 32.2. The van der Waals surface area contributed by atoms with Crippen LogP contribution in [0.15, 0.2) is 53.4 Å². The van der Waals surface area contributed by atoms with Gasteiger partial charge in [0.05, 0.1) is 13.2 Å². The normalized spacial score (nSPS) is 12.2. The first-order valence-corrected chi connectivity index (χ1v) is 7.51. The smallest absolute Gasteiger partial charge is 0.118 e. The maximum atomic E-state index is 5.67. The van der Waals surface area contributed by atoms with Crippen LogP contribution in [0.2, 0.25) is 0 Å². The molecule has 0 aliphatic heterocycles. The van der Waals surface area contributed by atoms with Gasteiger partial charge in [-0.1, -0.05) is 29.8 Å². The van der Waals surface area contributed by atoms with Gasteiger partial charge < -0.3 is 4.74 Å². The Hall–Kier alpha value is -1.49. The number of hydrazine groups is 1. The second-order valence-electron chi connectivity index (χ2n) is 4.62. The van der Waals surface area contributed by atoms with Crippen LogP contribution in [-0.4, -0.2) is 12.9 Å². The molecule has 0 heterocycles. The van der Waals surface area contributed by atoms with E-state index >= 15 is 0 Å². The Labute approximate surface area is 124 Å². The summed E-state index contributed by atoms with van der Waals surface area (Å²) in [6, 6.07) is 16.6. The number of hydrogen-bond acceptors (Lipinski definition) is 4. The molecule has 0 aliphatic carbocycles. The molecule has 0 saturated carbocycles. The van der Waals surface area contributed by atoms with Gasteiger partial charge in [0.1, 0.15) is 5.75 Å². The van der Waals surface area contributed by atoms with E-state index in [1.54, 1.807) is 18.9 Å². The predicted octanol–water partition coefficient (Wildman–Crippen LogP) is 3.30. The topological polar surface area (TPSA) is 47.3 Å². The van der Waals surface area contributed by atoms with Crippen LogP contribution >= 0.6 is 11.8 Å². The van der Waals surface area contributed by atoms with Crippen molar-refractivity contribution in [2.75, 3.05) is 12.9 Å². The summed E-state index contributed by atoms with van der Waals surface area (Å²) < 4.78 is 5.17. The van der Waals surface area contributed by atoms with E-state index in [1.807, 2.05) is 24.3 Å². The number of aryl methyl sites for hydroxylation is 1. The Balaban J connectivity index is 1.99. The molecule has 0 fully saturated rings. The van der Waals surface area contributed by atoms with Crippen molar-refractivity contribution in [2.45, 2.75) is 17.9 Å². The van der Waals surface area contributed by atoms with Crippen molar-refractivity contribution in [3.63, 3.8) is 0 Å². The third-order valence-corrected chi connectivity index (χ3v) is 4.26. The summed E-state index contributed by atoms with van der Waals surface area (Å²) in [5.74, 6) is 7.41. The molecule has 0 bridgehead atoms. The number of ether oxygens (including phenoxy) is 1. The summed E-state index contributed by atoms with van der Waals surface area (Å²) in [5, 5.41) is 0. The fourth-order valence-corrected chi connectivity index (χ4v) is 2.87. The lowest BCUT2D eigenvalue weighted by Crippen LogP contribution is -2.29. The molecule has 0 amide bonds. The van der Waals surface area contributed by atoms with Gasteiger partial charge in [-0.15, -0.1) is 11.8 Å². The van der Waals surface area contributed by atoms with Gasteiger partial charge in [-0.25, -0.2) is 0 Å². The van der Waals surface area contributed by atoms with Crippen LogP contribution in [0.5, 0.6) is 5.75 Å². The Morgan fingerprint density at radius 3 is 2.30 bits per heavy atom. The number of benzene rings is 2. The van der Waals surface area contributed by atoms with Gasteiger partial charge in [0.25, 0.3) is 0 Å². The molecular weight excluding hydrogens is 268 g/mol. The van der Waals surface area contributed by atoms with Crippen LogP contribution in [-0.2, 0) is 0 Å². The van der Waals surface area contributed by atoms with Crippen molar-refractivity contribution < 1.29 is 4.74 Å². The van der Waals surface area contributed by atoms with E-state index in [-0.39, 0.29) is 6.04 Å². The summed E-state index contributed by atoms with van der Waals surface area (Å²) in [5.41, 5.74) is 5.31. The standard InChI is InChI=1S/C16H20N2OS/c1-12-3-9-15(10-4-12)20-11-16(18-17)13-5-7-14(19-2)8-6-13/h3-10,16,18H,11,17H2,1-2H3. The van der Waals surface area contributed by atoms with E-state index in [2.05, 4.69) is 36.6 Å². The van der Waals surface area contributed by atoms with Crippen LogP contribution in [0.4, 0.5) is 0 Å². The monoisotopic (exact) mass is 288 g/mol. The maximum absolute atomic E-state index is 5.67. The van der Waals surface area contributed by atoms with Gasteiger partial charge >= 0.3 is 0 Å². The third kappa shape index (κ3) is 4.00. The Morgan fingerprint density at radius 1 is 1.10 bits per heavy atom. The Kier molecular flexibility index (Phi) is 5.47. The SMILES string of the molecule is COc1ccc(C(CSc2ccc(C)cc2)NN)cc1. The molecule has 0 aromatic heterocycles. The third-order valence-electron chi connectivity index (χ3n) is 3.16. The molecule has 1 unspecified atom stereocenters. The zero-order chi connectivity index (χ0) is 14.4. The number of hydrogen-bond donors (Lipinski definition) is 2. The van der Waals surface area contributed by atoms with Crippen molar-refractivity contribution in [3.05, 3.63) is 59.7 Å². The molecule has 2 aromatic carbocycles. The second kappa shape index (κ2) is 7.33. The number of nitrogens with one attached hydrogen (secondary N) is 1. The number of thioether (sulfide) groups is 1. The van der Waals surface area contributed by atoms with E-state index in [0.717, 1.165) is 17.1 Å². The van der Waals surface area contributed by atoms with Crippen molar-refractivity contribution in [2.24, 2.45) is 5.84 Å². The fraction of sp³-hybridized carbons (Fsp3) is 0.250. The molecule has 0 radical (unpaired) electrons. The predicted molar refractivity (Wildman–Crippen MR) is 85.0 cm³/mol. The zero-order valence-electron chi connectivity index (χ0n) is 11.8.